The van der Waals surface area contributed by atoms with Gasteiger partial charge in [-0.15, -0.1) is 0 Å². The van der Waals surface area contributed by atoms with Gasteiger partial charge in [0.1, 0.15) is 11.3 Å². The number of rotatable bonds is 7. The van der Waals surface area contributed by atoms with E-state index >= 15 is 0 Å². The fourth-order valence-corrected chi connectivity index (χ4v) is 6.05. The summed E-state index contributed by atoms with van der Waals surface area (Å²) in [4.78, 5) is 22.8. The van der Waals surface area contributed by atoms with Gasteiger partial charge in [0.2, 0.25) is 0 Å². The van der Waals surface area contributed by atoms with Gasteiger partial charge in [-0.1, -0.05) is 57.2 Å². The molecule has 3 aromatic carbocycles. The molecule has 8 nitrogen and oxygen atoms in total. The van der Waals surface area contributed by atoms with Crippen LogP contribution >= 0.6 is 0 Å². The van der Waals surface area contributed by atoms with Crippen LogP contribution in [0, 0.1) is 5.92 Å². The lowest BCUT2D eigenvalue weighted by Gasteiger charge is -2.21. The van der Waals surface area contributed by atoms with Crippen molar-refractivity contribution < 1.29 is 14.3 Å². The van der Waals surface area contributed by atoms with Gasteiger partial charge in [0.05, 0.1) is 24.8 Å². The summed E-state index contributed by atoms with van der Waals surface area (Å²) in [5.41, 5.74) is 6.19. The van der Waals surface area contributed by atoms with Crippen LogP contribution in [0.5, 0.6) is 5.75 Å². The van der Waals surface area contributed by atoms with Crippen molar-refractivity contribution in [2.24, 2.45) is 5.92 Å². The molecule has 2 N–H and O–H groups in total. The number of benzene rings is 3. The highest BCUT2D eigenvalue weighted by molar-refractivity contribution is 6.10. The monoisotopic (exact) mass is 591 g/mol. The molecule has 5 aromatic rings. The molecule has 0 bridgehead atoms. The largest absolute Gasteiger partial charge is 0.495 e. The van der Waals surface area contributed by atoms with E-state index in [1.54, 1.807) is 7.11 Å². The normalized spacial score (nSPS) is 15.7. The Balaban J connectivity index is 1.23. The van der Waals surface area contributed by atoms with E-state index in [1.165, 1.54) is 6.42 Å². The molecular formula is C36H41N5O3. The number of methoxy groups -OCH3 is 1. The van der Waals surface area contributed by atoms with E-state index in [-0.39, 0.29) is 11.4 Å². The van der Waals surface area contributed by atoms with Crippen molar-refractivity contribution in [1.82, 2.24) is 14.5 Å². The van der Waals surface area contributed by atoms with E-state index in [4.69, 9.17) is 19.4 Å². The molecule has 1 atom stereocenters. The Morgan fingerprint density at radius 3 is 2.61 bits per heavy atom. The zero-order valence-corrected chi connectivity index (χ0v) is 26.0. The number of anilines is 2. The second kappa shape index (κ2) is 12.7. The highest BCUT2D eigenvalue weighted by atomic mass is 16.5. The molecule has 0 spiro atoms. The van der Waals surface area contributed by atoms with E-state index in [0.717, 1.165) is 83.3 Å². The zero-order valence-electron chi connectivity index (χ0n) is 26.0. The number of hydrogen-bond donors (Lipinski definition) is 2. The first-order valence-electron chi connectivity index (χ1n) is 15.5. The Labute approximate surface area is 258 Å². The minimum atomic E-state index is -0.336. The van der Waals surface area contributed by atoms with Gasteiger partial charge in [-0.05, 0) is 77.8 Å². The van der Waals surface area contributed by atoms with E-state index < -0.39 is 0 Å². The van der Waals surface area contributed by atoms with Gasteiger partial charge >= 0.3 is 6.03 Å². The van der Waals surface area contributed by atoms with Gasteiger partial charge in [0, 0.05) is 36.9 Å². The van der Waals surface area contributed by atoms with E-state index in [1.807, 2.05) is 61.1 Å². The number of ether oxygens (including phenoxy) is 2. The standard InChI is InChI=1S/C36H41N5O3/c1-36(2,3)26-11-14-33(43-4)31(21-26)40-35(42)39-30-13-12-27(28-9-5-6-10-29(28)30)25-20-32-34(37-22-25)41(23-38-32)17-15-24-8-7-18-44-19-16-24/h5-6,9-14,20-24H,7-8,15-19H2,1-4H3,(H2,39,40,42). The van der Waals surface area contributed by atoms with Gasteiger partial charge < -0.3 is 24.7 Å². The zero-order chi connectivity index (χ0) is 30.7. The maximum atomic E-state index is 13.2. The number of aryl methyl sites for hydroxylation is 1. The summed E-state index contributed by atoms with van der Waals surface area (Å²) in [5.74, 6) is 1.29. The molecule has 8 heteroatoms. The number of amides is 2. The van der Waals surface area contributed by atoms with Crippen molar-refractivity contribution in [3.05, 3.63) is 78.8 Å². The first-order chi connectivity index (χ1) is 21.3. The third-order valence-electron chi connectivity index (χ3n) is 8.60. The summed E-state index contributed by atoms with van der Waals surface area (Å²) in [6, 6.07) is 19.7. The molecule has 1 aliphatic heterocycles. The molecule has 1 fully saturated rings. The lowest BCUT2D eigenvalue weighted by Crippen LogP contribution is -2.21. The van der Waals surface area contributed by atoms with E-state index in [2.05, 4.69) is 48.1 Å². The number of aromatic nitrogens is 3. The molecule has 3 heterocycles. The number of nitrogens with one attached hydrogen (secondary N) is 2. The molecule has 0 saturated carbocycles. The Kier molecular flexibility index (Phi) is 8.53. The summed E-state index contributed by atoms with van der Waals surface area (Å²) in [7, 11) is 1.60. The van der Waals surface area contributed by atoms with Crippen molar-refractivity contribution in [2.75, 3.05) is 31.0 Å². The molecule has 0 radical (unpaired) electrons. The summed E-state index contributed by atoms with van der Waals surface area (Å²) in [6.45, 7) is 9.08. The number of hydrogen-bond acceptors (Lipinski definition) is 5. The maximum absolute atomic E-state index is 13.2. The molecule has 0 aliphatic carbocycles. The Morgan fingerprint density at radius 2 is 1.80 bits per heavy atom. The molecule has 44 heavy (non-hydrogen) atoms. The number of carbonyl (C=O) groups excluding carboxylic acids is 1. The van der Waals surface area contributed by atoms with Crippen molar-refractivity contribution >= 4 is 39.3 Å². The number of pyridine rings is 1. The van der Waals surface area contributed by atoms with Crippen molar-refractivity contribution in [3.63, 3.8) is 0 Å². The van der Waals surface area contributed by atoms with Gasteiger partial charge in [0.25, 0.3) is 0 Å². The van der Waals surface area contributed by atoms with Crippen LogP contribution in [0.2, 0.25) is 0 Å². The van der Waals surface area contributed by atoms with Crippen LogP contribution in [-0.2, 0) is 16.7 Å². The summed E-state index contributed by atoms with van der Waals surface area (Å²) in [6.07, 6.45) is 8.44. The smallest absolute Gasteiger partial charge is 0.323 e. The quantitative estimate of drug-likeness (QED) is 0.198. The Morgan fingerprint density at radius 1 is 0.977 bits per heavy atom. The number of nitrogens with zero attached hydrogens (tertiary/aromatic N) is 3. The van der Waals surface area contributed by atoms with Gasteiger partial charge in [-0.2, -0.15) is 0 Å². The van der Waals surface area contributed by atoms with E-state index in [0.29, 0.717) is 17.4 Å². The van der Waals surface area contributed by atoms with Crippen molar-refractivity contribution in [1.29, 1.82) is 0 Å². The molecule has 6 rings (SSSR count). The maximum Gasteiger partial charge on any atom is 0.323 e. The second-order valence-corrected chi connectivity index (χ2v) is 12.7. The first kappa shape index (κ1) is 29.6. The van der Waals surface area contributed by atoms with Gasteiger partial charge in [0.15, 0.2) is 5.65 Å². The minimum Gasteiger partial charge on any atom is -0.495 e. The SMILES string of the molecule is COc1ccc(C(C)(C)C)cc1NC(=O)Nc1ccc(-c2cnc3c(c2)ncn3CCC2CCCOCC2)c2ccccc12. The third kappa shape index (κ3) is 6.40. The second-order valence-electron chi connectivity index (χ2n) is 12.7. The van der Waals surface area contributed by atoms with Crippen LogP contribution in [0.3, 0.4) is 0 Å². The van der Waals surface area contributed by atoms with Gasteiger partial charge in [-0.3, -0.25) is 0 Å². The fourth-order valence-electron chi connectivity index (χ4n) is 6.05. The minimum absolute atomic E-state index is 0.0640. The molecule has 1 unspecified atom stereocenters. The molecule has 2 aromatic heterocycles. The Hall–Kier alpha value is -4.43. The third-order valence-corrected chi connectivity index (χ3v) is 8.60. The highest BCUT2D eigenvalue weighted by Gasteiger charge is 2.18. The summed E-state index contributed by atoms with van der Waals surface area (Å²) in [5, 5.41) is 8.00. The number of urea groups is 1. The molecule has 2 amide bonds. The summed E-state index contributed by atoms with van der Waals surface area (Å²) < 4.78 is 13.3. The topological polar surface area (TPSA) is 90.3 Å². The molecular weight excluding hydrogens is 550 g/mol. The molecule has 1 saturated heterocycles. The van der Waals surface area contributed by atoms with Crippen LogP contribution in [-0.4, -0.2) is 40.9 Å². The van der Waals surface area contributed by atoms with Crippen LogP contribution < -0.4 is 15.4 Å². The molecule has 1 aliphatic rings. The Bertz CT molecular complexity index is 1780. The lowest BCUT2D eigenvalue weighted by atomic mass is 9.87. The first-order valence-corrected chi connectivity index (χ1v) is 15.5. The number of carbonyl (C=O) groups is 1. The number of fused-ring (bicyclic) bond motifs is 2. The lowest BCUT2D eigenvalue weighted by molar-refractivity contribution is 0.141. The van der Waals surface area contributed by atoms with Crippen molar-refractivity contribution in [2.45, 2.75) is 58.4 Å². The fraction of sp³-hybridized carbons (Fsp3) is 0.361. The average molecular weight is 592 g/mol. The van der Waals surface area contributed by atoms with E-state index in [9.17, 15) is 4.79 Å². The van der Waals surface area contributed by atoms with Crippen LogP contribution in [0.1, 0.15) is 52.0 Å². The van der Waals surface area contributed by atoms with Gasteiger partial charge in [-0.25, -0.2) is 14.8 Å². The van der Waals surface area contributed by atoms with Crippen LogP contribution in [0.25, 0.3) is 33.1 Å². The predicted molar refractivity (Wildman–Crippen MR) is 178 cm³/mol. The summed E-state index contributed by atoms with van der Waals surface area (Å²) >= 11 is 0. The van der Waals surface area contributed by atoms with Crippen molar-refractivity contribution in [3.8, 4) is 16.9 Å². The van der Waals surface area contributed by atoms with Crippen LogP contribution in [0.4, 0.5) is 16.2 Å². The number of imidazole rings is 1. The predicted octanol–water partition coefficient (Wildman–Crippen LogP) is 8.41. The van der Waals surface area contributed by atoms with Crippen LogP contribution in [0.15, 0.2) is 73.2 Å². The average Bonchev–Trinajstić information content (AvgIpc) is 3.23. The molecule has 228 valence electrons. The highest BCUT2D eigenvalue weighted by Crippen LogP contribution is 2.35.